The molecule has 1 heterocycles. The molecule has 2 aliphatic rings. The minimum absolute atomic E-state index is 0.0910. The van der Waals surface area contributed by atoms with Gasteiger partial charge in [0.05, 0.1) is 12.6 Å². The Morgan fingerprint density at radius 1 is 1.38 bits per heavy atom. The third-order valence-electron chi connectivity index (χ3n) is 4.50. The van der Waals surface area contributed by atoms with Crippen LogP contribution < -0.4 is 5.32 Å². The van der Waals surface area contributed by atoms with Crippen LogP contribution in [0.5, 0.6) is 0 Å². The van der Waals surface area contributed by atoms with Crippen LogP contribution in [0.2, 0.25) is 0 Å². The van der Waals surface area contributed by atoms with Crippen LogP contribution in [0.1, 0.15) is 37.8 Å². The Morgan fingerprint density at radius 2 is 2.14 bits per heavy atom. The van der Waals surface area contributed by atoms with Gasteiger partial charge in [0.2, 0.25) is 5.91 Å². The number of hydrogen-bond acceptors (Lipinski definition) is 2. The van der Waals surface area contributed by atoms with Crippen molar-refractivity contribution in [1.82, 2.24) is 10.2 Å². The molecule has 1 aliphatic heterocycles. The van der Waals surface area contributed by atoms with E-state index in [1.807, 2.05) is 11.0 Å². The van der Waals surface area contributed by atoms with Crippen molar-refractivity contribution in [2.45, 2.75) is 32.2 Å². The highest BCUT2D eigenvalue weighted by Crippen LogP contribution is 2.36. The van der Waals surface area contributed by atoms with E-state index in [9.17, 15) is 9.18 Å². The summed E-state index contributed by atoms with van der Waals surface area (Å²) in [5, 5.41) is 3.24. The molecule has 0 spiro atoms. The van der Waals surface area contributed by atoms with Crippen molar-refractivity contribution in [3.63, 3.8) is 0 Å². The van der Waals surface area contributed by atoms with E-state index in [0.717, 1.165) is 25.4 Å². The molecule has 0 radical (unpaired) electrons. The van der Waals surface area contributed by atoms with Crippen molar-refractivity contribution in [3.05, 3.63) is 35.6 Å². The molecular formula is C17H23FN2O. The fraction of sp³-hybridized carbons (Fsp3) is 0.588. The van der Waals surface area contributed by atoms with Gasteiger partial charge in [0.15, 0.2) is 0 Å². The van der Waals surface area contributed by atoms with Gasteiger partial charge in [-0.25, -0.2) is 4.39 Å². The minimum Gasteiger partial charge on any atom is -0.334 e. The van der Waals surface area contributed by atoms with Crippen molar-refractivity contribution in [2.75, 3.05) is 19.6 Å². The summed E-state index contributed by atoms with van der Waals surface area (Å²) in [5.74, 6) is 1.06. The first kappa shape index (κ1) is 14.5. The van der Waals surface area contributed by atoms with Crippen molar-refractivity contribution >= 4 is 5.91 Å². The van der Waals surface area contributed by atoms with Gasteiger partial charge in [-0.3, -0.25) is 4.79 Å². The highest BCUT2D eigenvalue weighted by atomic mass is 19.1. The molecule has 0 bridgehead atoms. The summed E-state index contributed by atoms with van der Waals surface area (Å²) in [7, 11) is 0. The largest absolute Gasteiger partial charge is 0.334 e. The van der Waals surface area contributed by atoms with Crippen molar-refractivity contribution in [2.24, 2.45) is 11.8 Å². The van der Waals surface area contributed by atoms with Gasteiger partial charge >= 0.3 is 0 Å². The minimum atomic E-state index is -0.208. The number of likely N-dealkylation sites (tertiary alicyclic amines) is 1. The molecule has 3 nitrogen and oxygen atoms in total. The second-order valence-electron chi connectivity index (χ2n) is 6.50. The van der Waals surface area contributed by atoms with Gasteiger partial charge in [-0.05, 0) is 43.7 Å². The summed E-state index contributed by atoms with van der Waals surface area (Å²) < 4.78 is 14.0. The van der Waals surface area contributed by atoms with Crippen LogP contribution in [0.25, 0.3) is 0 Å². The van der Waals surface area contributed by atoms with E-state index in [1.165, 1.54) is 18.9 Å². The number of halogens is 1. The second kappa shape index (κ2) is 6.14. The maximum Gasteiger partial charge on any atom is 0.237 e. The van der Waals surface area contributed by atoms with Crippen LogP contribution in [-0.2, 0) is 4.79 Å². The summed E-state index contributed by atoms with van der Waals surface area (Å²) in [5.41, 5.74) is 0.650. The van der Waals surface area contributed by atoms with Crippen molar-refractivity contribution < 1.29 is 9.18 Å². The Labute approximate surface area is 125 Å². The van der Waals surface area contributed by atoms with Gasteiger partial charge in [0.25, 0.3) is 0 Å². The quantitative estimate of drug-likeness (QED) is 0.904. The fourth-order valence-corrected chi connectivity index (χ4v) is 3.17. The van der Waals surface area contributed by atoms with E-state index < -0.39 is 0 Å². The molecule has 114 valence electrons. The number of amides is 1. The fourth-order valence-electron chi connectivity index (χ4n) is 3.17. The number of benzene rings is 1. The van der Waals surface area contributed by atoms with Crippen LogP contribution in [0, 0.1) is 17.7 Å². The Morgan fingerprint density at radius 3 is 2.86 bits per heavy atom. The van der Waals surface area contributed by atoms with Crippen LogP contribution in [0.15, 0.2) is 24.3 Å². The molecule has 1 aromatic rings. The van der Waals surface area contributed by atoms with E-state index in [2.05, 4.69) is 12.2 Å². The smallest absolute Gasteiger partial charge is 0.237 e. The highest BCUT2D eigenvalue weighted by Gasteiger charge is 2.35. The molecule has 2 atom stereocenters. The first-order valence-electron chi connectivity index (χ1n) is 7.89. The molecule has 1 aliphatic carbocycles. The molecule has 3 rings (SSSR count). The zero-order valence-corrected chi connectivity index (χ0v) is 12.5. The van der Waals surface area contributed by atoms with Gasteiger partial charge in [-0.2, -0.15) is 0 Å². The summed E-state index contributed by atoms with van der Waals surface area (Å²) in [4.78, 5) is 14.3. The zero-order chi connectivity index (χ0) is 14.8. The molecule has 21 heavy (non-hydrogen) atoms. The standard InChI is InChI=1S/C17H23FN2O/c1-12-8-16(14-4-2-3-5-15(14)18)20(11-12)17(21)10-19-9-13-6-7-13/h2-5,12-13,16,19H,6-11H2,1H3. The van der Waals surface area contributed by atoms with Crippen LogP contribution in [-0.4, -0.2) is 30.4 Å². The normalized spacial score (nSPS) is 25.3. The third-order valence-corrected chi connectivity index (χ3v) is 4.50. The first-order chi connectivity index (χ1) is 10.1. The molecule has 1 aromatic carbocycles. The molecule has 1 saturated heterocycles. The molecule has 1 N–H and O–H groups in total. The monoisotopic (exact) mass is 290 g/mol. The topological polar surface area (TPSA) is 32.3 Å². The summed E-state index contributed by atoms with van der Waals surface area (Å²) in [6.45, 7) is 4.15. The van der Waals surface area contributed by atoms with Crippen molar-refractivity contribution in [3.8, 4) is 0 Å². The Kier molecular flexibility index (Phi) is 4.24. The molecule has 1 amide bonds. The number of hydrogen-bond donors (Lipinski definition) is 1. The summed E-state index contributed by atoms with van der Waals surface area (Å²) in [6, 6.07) is 6.70. The molecule has 2 fully saturated rings. The molecule has 4 heteroatoms. The van der Waals surface area contributed by atoms with Gasteiger partial charge in [0, 0.05) is 12.1 Å². The molecule has 2 unspecified atom stereocenters. The Hall–Kier alpha value is -1.42. The lowest BCUT2D eigenvalue weighted by Crippen LogP contribution is -2.38. The summed E-state index contributed by atoms with van der Waals surface area (Å²) in [6.07, 6.45) is 3.40. The first-order valence-corrected chi connectivity index (χ1v) is 7.89. The second-order valence-corrected chi connectivity index (χ2v) is 6.50. The van der Waals surface area contributed by atoms with Gasteiger partial charge in [-0.15, -0.1) is 0 Å². The van der Waals surface area contributed by atoms with E-state index >= 15 is 0 Å². The van der Waals surface area contributed by atoms with Crippen LogP contribution in [0.4, 0.5) is 4.39 Å². The van der Waals surface area contributed by atoms with E-state index in [-0.39, 0.29) is 17.8 Å². The van der Waals surface area contributed by atoms with E-state index in [4.69, 9.17) is 0 Å². The van der Waals surface area contributed by atoms with Gasteiger partial charge in [0.1, 0.15) is 5.82 Å². The average Bonchev–Trinajstić information content (AvgIpc) is 3.20. The summed E-state index contributed by atoms with van der Waals surface area (Å²) >= 11 is 0. The van der Waals surface area contributed by atoms with Gasteiger partial charge in [-0.1, -0.05) is 25.1 Å². The number of carbonyl (C=O) groups is 1. The highest BCUT2D eigenvalue weighted by molar-refractivity contribution is 5.79. The Balaban J connectivity index is 1.66. The number of nitrogens with zero attached hydrogens (tertiary/aromatic N) is 1. The van der Waals surface area contributed by atoms with Crippen LogP contribution in [0.3, 0.4) is 0 Å². The van der Waals surface area contributed by atoms with Gasteiger partial charge < -0.3 is 10.2 Å². The maximum absolute atomic E-state index is 14.0. The van der Waals surface area contributed by atoms with Crippen molar-refractivity contribution in [1.29, 1.82) is 0 Å². The maximum atomic E-state index is 14.0. The Bertz CT molecular complexity index is 515. The van der Waals surface area contributed by atoms with E-state index in [0.29, 0.717) is 18.0 Å². The third kappa shape index (κ3) is 3.43. The number of nitrogens with one attached hydrogen (secondary N) is 1. The predicted octanol–water partition coefficient (Wildman–Crippen LogP) is 2.73. The zero-order valence-electron chi connectivity index (χ0n) is 12.5. The molecular weight excluding hydrogens is 267 g/mol. The molecule has 1 saturated carbocycles. The lowest BCUT2D eigenvalue weighted by Gasteiger charge is -2.25. The lowest BCUT2D eigenvalue weighted by atomic mass is 10.0. The predicted molar refractivity (Wildman–Crippen MR) is 80.2 cm³/mol. The SMILES string of the molecule is CC1CC(c2ccccc2F)N(C(=O)CNCC2CC2)C1. The lowest BCUT2D eigenvalue weighted by molar-refractivity contribution is -0.131. The number of rotatable bonds is 5. The van der Waals surface area contributed by atoms with E-state index in [1.54, 1.807) is 12.1 Å². The average molecular weight is 290 g/mol. The number of carbonyl (C=O) groups excluding carboxylic acids is 1. The molecule has 0 aromatic heterocycles. The van der Waals surface area contributed by atoms with Crippen LogP contribution >= 0.6 is 0 Å².